The van der Waals surface area contributed by atoms with Crippen molar-refractivity contribution in [2.45, 2.75) is 72.1 Å². The van der Waals surface area contributed by atoms with Gasteiger partial charge in [-0.3, -0.25) is 9.59 Å². The normalized spacial score (nSPS) is 9.52. The number of alkyl halides is 1. The van der Waals surface area contributed by atoms with E-state index in [1.807, 2.05) is 6.92 Å². The molecule has 0 aliphatic carbocycles. The molecule has 0 aromatic rings. The summed E-state index contributed by atoms with van der Waals surface area (Å²) in [5, 5.41) is 0. The largest absolute Gasteiger partial charge is 0.466 e. The smallest absolute Gasteiger partial charge is 0.306 e. The Morgan fingerprint density at radius 2 is 1.29 bits per heavy atom. The Bertz CT molecular complexity index is 244. The summed E-state index contributed by atoms with van der Waals surface area (Å²) in [6.45, 7) is 7.26. The van der Waals surface area contributed by atoms with Crippen LogP contribution in [0.25, 0.3) is 0 Å². The van der Waals surface area contributed by atoms with Gasteiger partial charge < -0.3 is 9.47 Å². The van der Waals surface area contributed by atoms with Crippen LogP contribution < -0.4 is 0 Å². The van der Waals surface area contributed by atoms with Crippen molar-refractivity contribution in [3.63, 3.8) is 0 Å². The summed E-state index contributed by atoms with van der Waals surface area (Å²) in [6.07, 6.45) is 7.69. The van der Waals surface area contributed by atoms with E-state index in [0.29, 0.717) is 26.1 Å². The van der Waals surface area contributed by atoms with E-state index in [9.17, 15) is 9.59 Å². The first-order chi connectivity index (χ1) is 10.1. The maximum atomic E-state index is 10.8. The second-order valence-corrected chi connectivity index (χ2v) is 5.73. The minimum atomic E-state index is -0.0869. The average Bonchev–Trinajstić information content (AvgIpc) is 2.49. The van der Waals surface area contributed by atoms with Gasteiger partial charge in [0.25, 0.3) is 0 Å². The van der Waals surface area contributed by atoms with Gasteiger partial charge in [0.05, 0.1) is 19.6 Å². The van der Waals surface area contributed by atoms with E-state index in [4.69, 9.17) is 9.47 Å². The standard InChI is InChI=1S/C8H15IO2.C8H16O2/c1-2-3-4-7-11-8(10)5-6-9;1-3-5-6-7-10-8(9)4-2/h2-7H2,1H3;3-7H2,1-2H3. The average molecular weight is 414 g/mol. The first-order valence-electron chi connectivity index (χ1n) is 7.99. The van der Waals surface area contributed by atoms with Crippen molar-refractivity contribution in [3.05, 3.63) is 0 Å². The van der Waals surface area contributed by atoms with Crippen molar-refractivity contribution >= 4 is 34.5 Å². The minimum Gasteiger partial charge on any atom is -0.466 e. The number of hydrogen-bond acceptors (Lipinski definition) is 4. The Labute approximate surface area is 143 Å². The molecule has 0 unspecified atom stereocenters. The molecule has 0 radical (unpaired) electrons. The fraction of sp³-hybridized carbons (Fsp3) is 0.875. The van der Waals surface area contributed by atoms with Gasteiger partial charge in [-0.1, -0.05) is 69.0 Å². The first kappa shape index (κ1) is 22.9. The number of rotatable bonds is 11. The van der Waals surface area contributed by atoms with Crippen LogP contribution in [-0.4, -0.2) is 29.6 Å². The molecule has 0 aromatic carbocycles. The van der Waals surface area contributed by atoms with E-state index >= 15 is 0 Å². The Morgan fingerprint density at radius 1 is 0.810 bits per heavy atom. The van der Waals surface area contributed by atoms with Crippen molar-refractivity contribution < 1.29 is 19.1 Å². The summed E-state index contributed by atoms with van der Waals surface area (Å²) in [6, 6.07) is 0. The molecule has 126 valence electrons. The van der Waals surface area contributed by atoms with Crippen molar-refractivity contribution in [3.8, 4) is 0 Å². The van der Waals surface area contributed by atoms with Gasteiger partial charge in [-0.15, -0.1) is 0 Å². The molecule has 0 heterocycles. The number of unbranched alkanes of at least 4 members (excludes halogenated alkanes) is 4. The molecular weight excluding hydrogens is 383 g/mol. The predicted octanol–water partition coefficient (Wildman–Crippen LogP) is 4.67. The number of halogens is 1. The summed E-state index contributed by atoms with van der Waals surface area (Å²) in [5.74, 6) is -0.147. The van der Waals surface area contributed by atoms with E-state index in [1.54, 1.807) is 0 Å². The fourth-order valence-electron chi connectivity index (χ4n) is 1.33. The van der Waals surface area contributed by atoms with Crippen molar-refractivity contribution in [1.29, 1.82) is 0 Å². The van der Waals surface area contributed by atoms with Crippen molar-refractivity contribution in [1.82, 2.24) is 0 Å². The first-order valence-corrected chi connectivity index (χ1v) is 9.52. The Kier molecular flexibility index (Phi) is 21.5. The highest BCUT2D eigenvalue weighted by Gasteiger charge is 1.99. The fourth-order valence-corrected chi connectivity index (χ4v) is 1.77. The second-order valence-electron chi connectivity index (χ2n) is 4.65. The molecule has 21 heavy (non-hydrogen) atoms. The molecule has 0 aromatic heterocycles. The number of hydrogen-bond donors (Lipinski definition) is 0. The van der Waals surface area contributed by atoms with Gasteiger partial charge >= 0.3 is 11.9 Å². The van der Waals surface area contributed by atoms with E-state index < -0.39 is 0 Å². The van der Waals surface area contributed by atoms with Gasteiger partial charge in [-0.25, -0.2) is 0 Å². The zero-order valence-corrected chi connectivity index (χ0v) is 15.9. The maximum absolute atomic E-state index is 10.8. The highest BCUT2D eigenvalue weighted by atomic mass is 127. The van der Waals surface area contributed by atoms with E-state index in [1.165, 1.54) is 12.8 Å². The molecular formula is C16H31IO4. The van der Waals surface area contributed by atoms with Crippen LogP contribution in [0.5, 0.6) is 0 Å². The predicted molar refractivity (Wildman–Crippen MR) is 94.8 cm³/mol. The lowest BCUT2D eigenvalue weighted by Crippen LogP contribution is -2.05. The summed E-state index contributed by atoms with van der Waals surface area (Å²) in [7, 11) is 0. The van der Waals surface area contributed by atoms with Crippen LogP contribution in [0.3, 0.4) is 0 Å². The summed E-state index contributed by atoms with van der Waals surface area (Å²) < 4.78 is 10.6. The Morgan fingerprint density at radius 3 is 1.67 bits per heavy atom. The Balaban J connectivity index is 0. The Hall–Kier alpha value is -0.330. The number of carbonyl (C=O) groups excluding carboxylic acids is 2. The molecule has 0 saturated carbocycles. The van der Waals surface area contributed by atoms with Crippen LogP contribution in [-0.2, 0) is 19.1 Å². The van der Waals surface area contributed by atoms with E-state index in [-0.39, 0.29) is 11.9 Å². The molecule has 0 bridgehead atoms. The van der Waals surface area contributed by atoms with Gasteiger partial charge in [0.15, 0.2) is 0 Å². The van der Waals surface area contributed by atoms with Crippen LogP contribution in [0.4, 0.5) is 0 Å². The molecule has 0 rings (SSSR count). The molecule has 0 N–H and O–H groups in total. The summed E-state index contributed by atoms with van der Waals surface area (Å²) in [4.78, 5) is 21.3. The SMILES string of the molecule is CCCCCOC(=O)CC.CCCCCOC(=O)CCI. The number of ether oxygens (including phenoxy) is 2. The zero-order chi connectivity index (χ0) is 16.3. The minimum absolute atomic E-state index is 0.0597. The summed E-state index contributed by atoms with van der Waals surface area (Å²) in [5.41, 5.74) is 0. The van der Waals surface area contributed by atoms with Crippen LogP contribution in [0.2, 0.25) is 0 Å². The van der Waals surface area contributed by atoms with Crippen LogP contribution in [0, 0.1) is 0 Å². The molecule has 5 heteroatoms. The van der Waals surface area contributed by atoms with Crippen molar-refractivity contribution in [2.24, 2.45) is 0 Å². The molecule has 0 fully saturated rings. The lowest BCUT2D eigenvalue weighted by molar-refractivity contribution is -0.144. The molecule has 4 nitrogen and oxygen atoms in total. The van der Waals surface area contributed by atoms with Crippen LogP contribution >= 0.6 is 22.6 Å². The maximum Gasteiger partial charge on any atom is 0.306 e. The quantitative estimate of drug-likeness (QED) is 0.213. The highest BCUT2D eigenvalue weighted by Crippen LogP contribution is 1.97. The number of carbonyl (C=O) groups is 2. The second kappa shape index (κ2) is 19.7. The molecule has 0 saturated heterocycles. The molecule has 0 aliphatic heterocycles. The third kappa shape index (κ3) is 22.1. The lowest BCUT2D eigenvalue weighted by atomic mass is 10.3. The number of esters is 2. The summed E-state index contributed by atoms with van der Waals surface area (Å²) >= 11 is 2.17. The highest BCUT2D eigenvalue weighted by molar-refractivity contribution is 14.1. The lowest BCUT2D eigenvalue weighted by Gasteiger charge is -2.01. The van der Waals surface area contributed by atoms with Gasteiger partial charge in [-0.2, -0.15) is 0 Å². The third-order valence-electron chi connectivity index (χ3n) is 2.61. The van der Waals surface area contributed by atoms with Gasteiger partial charge in [0, 0.05) is 10.8 Å². The molecule has 0 amide bonds. The monoisotopic (exact) mass is 414 g/mol. The van der Waals surface area contributed by atoms with Crippen molar-refractivity contribution in [2.75, 3.05) is 17.6 Å². The molecule has 0 atom stereocenters. The van der Waals surface area contributed by atoms with E-state index in [0.717, 1.165) is 30.1 Å². The van der Waals surface area contributed by atoms with Gasteiger partial charge in [0.2, 0.25) is 0 Å². The topological polar surface area (TPSA) is 52.6 Å². The zero-order valence-electron chi connectivity index (χ0n) is 13.8. The van der Waals surface area contributed by atoms with Crippen LogP contribution in [0.15, 0.2) is 0 Å². The van der Waals surface area contributed by atoms with Gasteiger partial charge in [-0.05, 0) is 12.8 Å². The van der Waals surface area contributed by atoms with Crippen LogP contribution in [0.1, 0.15) is 72.1 Å². The van der Waals surface area contributed by atoms with Gasteiger partial charge in [0.1, 0.15) is 0 Å². The van der Waals surface area contributed by atoms with E-state index in [2.05, 4.69) is 36.4 Å². The molecule has 0 aliphatic rings. The molecule has 0 spiro atoms. The third-order valence-corrected chi connectivity index (χ3v) is 3.15.